The minimum Gasteiger partial charge on any atom is -0.394 e. The summed E-state index contributed by atoms with van der Waals surface area (Å²) in [7, 11) is 0. The molecule has 1 amide bonds. The molecule has 1 aromatic carbocycles. The fraction of sp³-hybridized carbons (Fsp3) is 0.438. The summed E-state index contributed by atoms with van der Waals surface area (Å²) in [5, 5.41) is 40.4. The molecule has 12 nitrogen and oxygen atoms in total. The fourth-order valence-electron chi connectivity index (χ4n) is 3.39. The van der Waals surface area contributed by atoms with Gasteiger partial charge in [-0.3, -0.25) is 14.9 Å². The molecule has 2 aliphatic heterocycles. The van der Waals surface area contributed by atoms with Crippen molar-refractivity contribution in [3.8, 4) is 0 Å². The average molecular weight is 395 g/mol. The van der Waals surface area contributed by atoms with E-state index in [2.05, 4.69) is 0 Å². The Balaban J connectivity index is 1.84. The quantitative estimate of drug-likeness (QED) is 0.263. The Morgan fingerprint density at radius 2 is 2.11 bits per heavy atom. The number of nitro benzene ring substituents is 1. The van der Waals surface area contributed by atoms with Gasteiger partial charge in [-0.2, -0.15) is 0 Å². The predicted octanol–water partition coefficient (Wildman–Crippen LogP) is -2.11. The minimum absolute atomic E-state index is 0.0330. The molecule has 0 aromatic heterocycles. The number of nitro groups is 1. The second kappa shape index (κ2) is 7.59. The molecule has 28 heavy (non-hydrogen) atoms. The summed E-state index contributed by atoms with van der Waals surface area (Å²) in [5.41, 5.74) is 11.6. The zero-order valence-corrected chi connectivity index (χ0v) is 14.7. The van der Waals surface area contributed by atoms with Crippen molar-refractivity contribution in [1.29, 1.82) is 0 Å². The molecule has 5 atom stereocenters. The van der Waals surface area contributed by atoms with Gasteiger partial charge in [-0.1, -0.05) is 12.1 Å². The van der Waals surface area contributed by atoms with Crippen LogP contribution in [0.3, 0.4) is 0 Å². The number of nitrogens with zero attached hydrogens (tertiary/aromatic N) is 3. The second-order valence-electron chi connectivity index (χ2n) is 6.57. The number of amides is 1. The van der Waals surface area contributed by atoms with Gasteiger partial charge in [-0.25, -0.2) is 0 Å². The third-order valence-electron chi connectivity index (χ3n) is 4.77. The summed E-state index contributed by atoms with van der Waals surface area (Å²) in [4.78, 5) is 25.4. The summed E-state index contributed by atoms with van der Waals surface area (Å²) < 4.78 is 5.46. The molecule has 0 saturated carbocycles. The Morgan fingerprint density at radius 3 is 2.68 bits per heavy atom. The average Bonchev–Trinajstić information content (AvgIpc) is 3.15. The lowest BCUT2D eigenvalue weighted by atomic mass is 10.0. The largest absolute Gasteiger partial charge is 0.394 e. The lowest BCUT2D eigenvalue weighted by Crippen LogP contribution is -2.46. The minimum atomic E-state index is -1.34. The van der Waals surface area contributed by atoms with E-state index >= 15 is 0 Å². The van der Waals surface area contributed by atoms with E-state index in [1.54, 1.807) is 0 Å². The maximum absolute atomic E-state index is 12.1. The van der Waals surface area contributed by atoms with Crippen molar-refractivity contribution >= 4 is 11.6 Å². The first-order valence-corrected chi connectivity index (χ1v) is 8.40. The van der Waals surface area contributed by atoms with Crippen LogP contribution in [-0.2, 0) is 9.53 Å². The first-order chi connectivity index (χ1) is 13.2. The van der Waals surface area contributed by atoms with E-state index in [1.807, 2.05) is 0 Å². The molecule has 1 unspecified atom stereocenters. The highest BCUT2D eigenvalue weighted by Crippen LogP contribution is 2.32. The molecule has 3 rings (SSSR count). The standard InChI is InChI=1S/C16H21N5O7/c17-11-5-19(7-20(11)16-14(24)13(23)10(6-22)28-16)12(15(18)25)8-2-1-3-9(4-8)21(26)27/h1-5,10,12-14,16,22-24H,6-7,17H2,(H2,18,25)/t10-,12?,13-,14-,16-/m1/s1. The van der Waals surface area contributed by atoms with Crippen molar-refractivity contribution in [2.45, 2.75) is 30.6 Å². The van der Waals surface area contributed by atoms with Crippen molar-refractivity contribution in [3.05, 3.63) is 52.0 Å². The van der Waals surface area contributed by atoms with Gasteiger partial charge in [0.15, 0.2) is 6.23 Å². The number of primary amides is 1. The number of benzene rings is 1. The van der Waals surface area contributed by atoms with Crippen LogP contribution in [0, 0.1) is 10.1 Å². The maximum atomic E-state index is 12.1. The van der Waals surface area contributed by atoms with Crippen molar-refractivity contribution in [3.63, 3.8) is 0 Å². The van der Waals surface area contributed by atoms with Crippen LogP contribution in [0.1, 0.15) is 11.6 Å². The lowest BCUT2D eigenvalue weighted by Gasteiger charge is -2.32. The van der Waals surface area contributed by atoms with Crippen LogP contribution in [0.2, 0.25) is 0 Å². The van der Waals surface area contributed by atoms with Gasteiger partial charge in [0.25, 0.3) is 5.69 Å². The normalized spacial score (nSPS) is 28.3. The molecule has 0 spiro atoms. The lowest BCUT2D eigenvalue weighted by molar-refractivity contribution is -0.384. The summed E-state index contributed by atoms with van der Waals surface area (Å²) in [6, 6.07) is 4.45. The predicted molar refractivity (Wildman–Crippen MR) is 93.6 cm³/mol. The zero-order valence-electron chi connectivity index (χ0n) is 14.7. The number of carbonyl (C=O) groups is 1. The van der Waals surface area contributed by atoms with Gasteiger partial charge in [0.2, 0.25) is 5.91 Å². The van der Waals surface area contributed by atoms with Gasteiger partial charge in [0, 0.05) is 18.3 Å². The third-order valence-corrected chi connectivity index (χ3v) is 4.77. The Labute approximate surface area is 159 Å². The second-order valence-corrected chi connectivity index (χ2v) is 6.57. The van der Waals surface area contributed by atoms with Crippen LogP contribution >= 0.6 is 0 Å². The Bertz CT molecular complexity index is 803. The van der Waals surface area contributed by atoms with E-state index in [4.69, 9.17) is 16.2 Å². The number of ether oxygens (including phenoxy) is 1. The molecular formula is C16H21N5O7. The van der Waals surface area contributed by atoms with E-state index in [-0.39, 0.29) is 18.2 Å². The molecule has 1 fully saturated rings. The molecule has 7 N–H and O–H groups in total. The Kier molecular flexibility index (Phi) is 5.38. The summed E-state index contributed by atoms with van der Waals surface area (Å²) in [6.45, 7) is -0.526. The van der Waals surface area contributed by atoms with Crippen LogP contribution < -0.4 is 11.5 Å². The van der Waals surface area contributed by atoms with E-state index in [9.17, 15) is 30.2 Å². The highest BCUT2D eigenvalue weighted by Gasteiger charge is 2.47. The highest BCUT2D eigenvalue weighted by molar-refractivity contribution is 5.82. The van der Waals surface area contributed by atoms with Crippen LogP contribution in [0.5, 0.6) is 0 Å². The zero-order chi connectivity index (χ0) is 20.6. The van der Waals surface area contributed by atoms with E-state index in [1.165, 1.54) is 40.3 Å². The van der Waals surface area contributed by atoms with Crippen LogP contribution in [0.4, 0.5) is 5.69 Å². The number of hydrogen-bond donors (Lipinski definition) is 5. The fourth-order valence-corrected chi connectivity index (χ4v) is 3.39. The van der Waals surface area contributed by atoms with E-state index < -0.39 is 48.0 Å². The number of aliphatic hydroxyl groups excluding tert-OH is 3. The number of carbonyl (C=O) groups excluding carboxylic acids is 1. The summed E-state index contributed by atoms with van der Waals surface area (Å²) >= 11 is 0. The maximum Gasteiger partial charge on any atom is 0.269 e. The number of nitrogens with two attached hydrogens (primary N) is 2. The van der Waals surface area contributed by atoms with Gasteiger partial charge in [-0.15, -0.1) is 0 Å². The Hall–Kier alpha value is -2.93. The van der Waals surface area contributed by atoms with Gasteiger partial charge in [0.05, 0.1) is 18.2 Å². The molecule has 152 valence electrons. The molecule has 1 saturated heterocycles. The van der Waals surface area contributed by atoms with Crippen LogP contribution in [0.15, 0.2) is 36.3 Å². The SMILES string of the molecule is NC(=O)C(c1cccc([N+](=O)[O-])c1)N1C=C(N)N([C@@H]2O[C@H](CO)[C@@H](O)[C@H]2O)C1. The molecular weight excluding hydrogens is 374 g/mol. The number of rotatable bonds is 6. The number of non-ortho nitro benzene ring substituents is 1. The third kappa shape index (κ3) is 3.45. The molecule has 2 heterocycles. The summed E-state index contributed by atoms with van der Waals surface area (Å²) in [6.07, 6.45) is -3.27. The van der Waals surface area contributed by atoms with Crippen molar-refractivity contribution in [1.82, 2.24) is 9.80 Å². The molecule has 1 aromatic rings. The molecule has 2 aliphatic rings. The monoisotopic (exact) mass is 395 g/mol. The molecule has 0 radical (unpaired) electrons. The molecule has 0 aliphatic carbocycles. The molecule has 12 heteroatoms. The topological polar surface area (TPSA) is 189 Å². The van der Waals surface area contributed by atoms with Gasteiger partial charge in [-0.05, 0) is 5.56 Å². The van der Waals surface area contributed by atoms with Gasteiger partial charge >= 0.3 is 0 Å². The smallest absolute Gasteiger partial charge is 0.269 e. The van der Waals surface area contributed by atoms with Crippen molar-refractivity contribution < 1.29 is 29.8 Å². The number of aliphatic hydroxyl groups is 3. The van der Waals surface area contributed by atoms with Crippen molar-refractivity contribution in [2.24, 2.45) is 11.5 Å². The first-order valence-electron chi connectivity index (χ1n) is 8.40. The van der Waals surface area contributed by atoms with Crippen LogP contribution in [0.25, 0.3) is 0 Å². The van der Waals surface area contributed by atoms with Gasteiger partial charge in [0.1, 0.15) is 30.2 Å². The van der Waals surface area contributed by atoms with Gasteiger partial charge < -0.3 is 41.3 Å². The van der Waals surface area contributed by atoms with E-state index in [0.717, 1.165) is 0 Å². The van der Waals surface area contributed by atoms with Crippen molar-refractivity contribution in [2.75, 3.05) is 13.3 Å². The highest BCUT2D eigenvalue weighted by atomic mass is 16.6. The number of hydrogen-bond acceptors (Lipinski definition) is 10. The van der Waals surface area contributed by atoms with E-state index in [0.29, 0.717) is 5.56 Å². The van der Waals surface area contributed by atoms with Crippen LogP contribution in [-0.4, -0.2) is 73.8 Å². The Morgan fingerprint density at radius 1 is 1.39 bits per heavy atom. The molecule has 0 bridgehead atoms. The first kappa shape index (κ1) is 19.8. The summed E-state index contributed by atoms with van der Waals surface area (Å²) in [5.74, 6) is -0.626.